The molecule has 0 aromatic heterocycles. The third-order valence-corrected chi connectivity index (χ3v) is 3.76. The van der Waals surface area contributed by atoms with Crippen LogP contribution in [-0.2, 0) is 4.79 Å². The highest BCUT2D eigenvalue weighted by Crippen LogP contribution is 2.21. The molecule has 0 atom stereocenters. The molecule has 22 heavy (non-hydrogen) atoms. The van der Waals surface area contributed by atoms with E-state index in [-0.39, 0.29) is 11.7 Å². The molecule has 0 spiro atoms. The summed E-state index contributed by atoms with van der Waals surface area (Å²) >= 11 is 0. The van der Waals surface area contributed by atoms with Gasteiger partial charge in [0.15, 0.2) is 5.78 Å². The van der Waals surface area contributed by atoms with E-state index in [2.05, 4.69) is 0 Å². The molecule has 0 radical (unpaired) electrons. The molecule has 2 aromatic carbocycles. The van der Waals surface area contributed by atoms with E-state index in [1.165, 1.54) is 0 Å². The van der Waals surface area contributed by atoms with Crippen LogP contribution in [0.5, 0.6) is 0 Å². The van der Waals surface area contributed by atoms with E-state index in [9.17, 15) is 9.59 Å². The van der Waals surface area contributed by atoms with Crippen LogP contribution in [-0.4, -0.2) is 18.2 Å². The third kappa shape index (κ3) is 3.14. The van der Waals surface area contributed by atoms with Crippen molar-refractivity contribution in [2.75, 3.05) is 11.4 Å². The highest BCUT2D eigenvalue weighted by molar-refractivity contribution is 6.07. The predicted octanol–water partition coefficient (Wildman–Crippen LogP) is 3.71. The molecule has 1 aliphatic heterocycles. The van der Waals surface area contributed by atoms with Crippen LogP contribution in [0.3, 0.4) is 0 Å². The first-order valence-electron chi connectivity index (χ1n) is 7.42. The molecule has 0 unspecified atom stereocenters. The van der Waals surface area contributed by atoms with Crippen LogP contribution in [0.15, 0.2) is 60.7 Å². The maximum Gasteiger partial charge on any atom is 0.227 e. The van der Waals surface area contributed by atoms with Crippen molar-refractivity contribution >= 4 is 23.5 Å². The minimum absolute atomic E-state index is 0.0387. The quantitative estimate of drug-likeness (QED) is 0.636. The van der Waals surface area contributed by atoms with Gasteiger partial charge in [-0.1, -0.05) is 36.4 Å². The van der Waals surface area contributed by atoms with Crippen molar-refractivity contribution in [3.05, 3.63) is 71.8 Å². The van der Waals surface area contributed by atoms with Crippen molar-refractivity contribution < 1.29 is 9.59 Å². The molecule has 0 aliphatic carbocycles. The summed E-state index contributed by atoms with van der Waals surface area (Å²) in [6.07, 6.45) is 4.89. The van der Waals surface area contributed by atoms with Crippen LogP contribution in [0.1, 0.15) is 28.8 Å². The highest BCUT2D eigenvalue weighted by atomic mass is 16.2. The number of rotatable bonds is 4. The van der Waals surface area contributed by atoms with Crippen LogP contribution in [0.2, 0.25) is 0 Å². The first-order valence-corrected chi connectivity index (χ1v) is 7.42. The molecule has 110 valence electrons. The molecule has 1 amide bonds. The van der Waals surface area contributed by atoms with Crippen molar-refractivity contribution in [1.82, 2.24) is 0 Å². The summed E-state index contributed by atoms with van der Waals surface area (Å²) in [6.45, 7) is 0.764. The highest BCUT2D eigenvalue weighted by Gasteiger charge is 2.21. The van der Waals surface area contributed by atoms with Gasteiger partial charge >= 0.3 is 0 Å². The lowest BCUT2D eigenvalue weighted by atomic mass is 10.1. The second kappa shape index (κ2) is 6.39. The van der Waals surface area contributed by atoms with E-state index >= 15 is 0 Å². The average Bonchev–Trinajstić information content (AvgIpc) is 3.00. The Morgan fingerprint density at radius 2 is 1.73 bits per heavy atom. The molecule has 2 aromatic rings. The smallest absolute Gasteiger partial charge is 0.227 e. The van der Waals surface area contributed by atoms with Gasteiger partial charge in [0, 0.05) is 24.2 Å². The standard InChI is InChI=1S/C19H17NO2/c21-18(13-8-15-5-2-1-3-6-15)16-9-11-17(12-10-16)20-14-4-7-19(20)22/h1-3,5-6,8-13H,4,7,14H2/b13-8+. The number of carbonyl (C=O) groups excluding carboxylic acids is 2. The number of anilines is 1. The van der Waals surface area contributed by atoms with E-state index in [0.717, 1.165) is 24.2 Å². The fourth-order valence-electron chi connectivity index (χ4n) is 2.56. The van der Waals surface area contributed by atoms with Gasteiger partial charge in [-0.3, -0.25) is 9.59 Å². The number of hydrogen-bond acceptors (Lipinski definition) is 2. The van der Waals surface area contributed by atoms with Gasteiger partial charge in [0.05, 0.1) is 0 Å². The molecule has 0 bridgehead atoms. The Morgan fingerprint density at radius 3 is 2.36 bits per heavy atom. The number of hydrogen-bond donors (Lipinski definition) is 0. The predicted molar refractivity (Wildman–Crippen MR) is 87.8 cm³/mol. The Kier molecular flexibility index (Phi) is 4.15. The monoisotopic (exact) mass is 291 g/mol. The summed E-state index contributed by atoms with van der Waals surface area (Å²) in [5.74, 6) is 0.117. The summed E-state index contributed by atoms with van der Waals surface area (Å²) in [7, 11) is 0. The molecule has 3 rings (SSSR count). The van der Waals surface area contributed by atoms with Gasteiger partial charge in [-0.25, -0.2) is 0 Å². The number of ketones is 1. The molecule has 1 aliphatic rings. The van der Waals surface area contributed by atoms with Crippen LogP contribution in [0, 0.1) is 0 Å². The van der Waals surface area contributed by atoms with Crippen LogP contribution in [0.4, 0.5) is 5.69 Å². The van der Waals surface area contributed by atoms with Crippen molar-refractivity contribution in [3.63, 3.8) is 0 Å². The van der Waals surface area contributed by atoms with Gasteiger partial charge in [0.25, 0.3) is 0 Å². The van der Waals surface area contributed by atoms with Gasteiger partial charge in [-0.2, -0.15) is 0 Å². The van der Waals surface area contributed by atoms with Crippen molar-refractivity contribution in [2.45, 2.75) is 12.8 Å². The first kappa shape index (κ1) is 14.3. The lowest BCUT2D eigenvalue weighted by Crippen LogP contribution is -2.23. The molecule has 1 fully saturated rings. The summed E-state index contributed by atoms with van der Waals surface area (Å²) in [4.78, 5) is 25.6. The molecular weight excluding hydrogens is 274 g/mol. The summed E-state index contributed by atoms with van der Waals surface area (Å²) in [5, 5.41) is 0. The maximum atomic E-state index is 12.1. The van der Waals surface area contributed by atoms with Gasteiger partial charge < -0.3 is 4.90 Å². The zero-order valence-corrected chi connectivity index (χ0v) is 12.2. The van der Waals surface area contributed by atoms with Crippen LogP contribution < -0.4 is 4.90 Å². The molecule has 0 N–H and O–H groups in total. The Bertz CT molecular complexity index is 702. The molecule has 0 saturated carbocycles. The molecule has 1 heterocycles. The SMILES string of the molecule is O=C(/C=C/c1ccccc1)c1ccc(N2CCCC2=O)cc1. The lowest BCUT2D eigenvalue weighted by molar-refractivity contribution is -0.117. The van der Waals surface area contributed by atoms with E-state index in [1.54, 1.807) is 29.2 Å². The Balaban J connectivity index is 1.71. The summed E-state index contributed by atoms with van der Waals surface area (Å²) in [5.41, 5.74) is 2.49. The Hall–Kier alpha value is -2.68. The number of benzene rings is 2. The minimum atomic E-state index is -0.0387. The minimum Gasteiger partial charge on any atom is -0.312 e. The zero-order valence-electron chi connectivity index (χ0n) is 12.2. The fourth-order valence-corrected chi connectivity index (χ4v) is 2.56. The van der Waals surface area contributed by atoms with Gasteiger partial charge in [-0.05, 0) is 42.3 Å². The van der Waals surface area contributed by atoms with Gasteiger partial charge in [-0.15, -0.1) is 0 Å². The van der Waals surface area contributed by atoms with Crippen molar-refractivity contribution in [3.8, 4) is 0 Å². The zero-order chi connectivity index (χ0) is 15.4. The number of carbonyl (C=O) groups is 2. The van der Waals surface area contributed by atoms with Crippen LogP contribution in [0.25, 0.3) is 6.08 Å². The fraction of sp³-hybridized carbons (Fsp3) is 0.158. The molecule has 3 heteroatoms. The van der Waals surface area contributed by atoms with E-state index in [4.69, 9.17) is 0 Å². The normalized spacial score (nSPS) is 14.7. The van der Waals surface area contributed by atoms with Gasteiger partial charge in [0.1, 0.15) is 0 Å². The van der Waals surface area contributed by atoms with Gasteiger partial charge in [0.2, 0.25) is 5.91 Å². The largest absolute Gasteiger partial charge is 0.312 e. The van der Waals surface area contributed by atoms with E-state index in [0.29, 0.717) is 12.0 Å². The number of amides is 1. The van der Waals surface area contributed by atoms with Crippen molar-refractivity contribution in [1.29, 1.82) is 0 Å². The third-order valence-electron chi connectivity index (χ3n) is 3.76. The lowest BCUT2D eigenvalue weighted by Gasteiger charge is -2.15. The second-order valence-corrected chi connectivity index (χ2v) is 5.30. The second-order valence-electron chi connectivity index (χ2n) is 5.30. The molecule has 1 saturated heterocycles. The topological polar surface area (TPSA) is 37.4 Å². The average molecular weight is 291 g/mol. The Labute approximate surface area is 129 Å². The summed E-state index contributed by atoms with van der Waals surface area (Å²) in [6, 6.07) is 16.9. The molecular formula is C19H17NO2. The maximum absolute atomic E-state index is 12.1. The number of allylic oxidation sites excluding steroid dienone is 1. The van der Waals surface area contributed by atoms with E-state index < -0.39 is 0 Å². The van der Waals surface area contributed by atoms with Crippen molar-refractivity contribution in [2.24, 2.45) is 0 Å². The molecule has 3 nitrogen and oxygen atoms in total. The Morgan fingerprint density at radius 1 is 1.00 bits per heavy atom. The summed E-state index contributed by atoms with van der Waals surface area (Å²) < 4.78 is 0. The van der Waals surface area contributed by atoms with Crippen LogP contribution >= 0.6 is 0 Å². The first-order chi connectivity index (χ1) is 10.7. The number of nitrogens with zero attached hydrogens (tertiary/aromatic N) is 1. The van der Waals surface area contributed by atoms with E-state index in [1.807, 2.05) is 42.5 Å².